The van der Waals surface area contributed by atoms with Crippen molar-refractivity contribution in [2.75, 3.05) is 18.2 Å². The number of rotatable bonds is 7. The molecular formula is C29H26ClFN8O8. The Morgan fingerprint density at radius 3 is 2.53 bits per heavy atom. The molecule has 0 radical (unpaired) electrons. The zero-order valence-electron chi connectivity index (χ0n) is 24.3. The number of carbonyl (C=O) groups excluding carboxylic acids is 2. The van der Waals surface area contributed by atoms with Crippen LogP contribution in [0.3, 0.4) is 0 Å². The van der Waals surface area contributed by atoms with Gasteiger partial charge in [0.1, 0.15) is 22.9 Å². The summed E-state index contributed by atoms with van der Waals surface area (Å²) in [7, 11) is 1.31. The monoisotopic (exact) mass is 668 g/mol. The van der Waals surface area contributed by atoms with Crippen molar-refractivity contribution >= 4 is 53.0 Å². The molecule has 1 atom stereocenters. The number of methoxy groups -OCH3 is 1. The Balaban J connectivity index is 0.000000238. The first-order valence-corrected chi connectivity index (χ1v) is 13.5. The predicted molar refractivity (Wildman–Crippen MR) is 166 cm³/mol. The average Bonchev–Trinajstić information content (AvgIpc) is 3.65. The molecule has 0 unspecified atom stereocenters. The van der Waals surface area contributed by atoms with E-state index in [1.165, 1.54) is 25.3 Å². The van der Waals surface area contributed by atoms with Crippen LogP contribution in [0.5, 0.6) is 5.88 Å². The van der Waals surface area contributed by atoms with Gasteiger partial charge in [-0.3, -0.25) is 14.4 Å². The summed E-state index contributed by atoms with van der Waals surface area (Å²) < 4.78 is 19.0. The number of aromatic nitrogens is 4. The second-order valence-corrected chi connectivity index (χ2v) is 10.0. The van der Waals surface area contributed by atoms with Crippen molar-refractivity contribution in [2.24, 2.45) is 5.73 Å². The maximum Gasteiger partial charge on any atom is 0.354 e. The highest BCUT2D eigenvalue weighted by atomic mass is 35.5. The Kier molecular flexibility index (Phi) is 9.82. The highest BCUT2D eigenvalue weighted by Gasteiger charge is 2.27. The van der Waals surface area contributed by atoms with Crippen molar-refractivity contribution in [2.45, 2.75) is 25.4 Å². The largest absolute Gasteiger partial charge is 0.489 e. The Morgan fingerprint density at radius 1 is 1.13 bits per heavy atom. The number of hydrogen-bond acceptors (Lipinski definition) is 13. The van der Waals surface area contributed by atoms with Crippen LogP contribution >= 0.6 is 12.4 Å². The summed E-state index contributed by atoms with van der Waals surface area (Å²) in [5, 5.41) is 31.2. The van der Waals surface area contributed by atoms with Crippen LogP contribution in [0.15, 0.2) is 52.1 Å². The molecule has 3 aromatic carbocycles. The van der Waals surface area contributed by atoms with Gasteiger partial charge in [0, 0.05) is 12.6 Å². The summed E-state index contributed by atoms with van der Waals surface area (Å²) in [6.45, 7) is 0.246. The zero-order chi connectivity index (χ0) is 33.3. The first-order valence-electron chi connectivity index (χ1n) is 13.5. The Morgan fingerprint density at radius 2 is 1.87 bits per heavy atom. The number of nitrogens with two attached hydrogens (primary N) is 2. The molecule has 0 saturated carbocycles. The fraction of sp³-hybridized carbons (Fsp3) is 0.172. The molecule has 0 fully saturated rings. The number of benzene rings is 2. The molecule has 1 amide bonds. The molecule has 0 spiro atoms. The lowest BCUT2D eigenvalue weighted by Gasteiger charge is -2.14. The molecule has 8 N–H and O–H groups in total. The number of halogens is 2. The van der Waals surface area contributed by atoms with E-state index < -0.39 is 40.4 Å². The van der Waals surface area contributed by atoms with Crippen molar-refractivity contribution in [3.05, 3.63) is 102 Å². The summed E-state index contributed by atoms with van der Waals surface area (Å²) >= 11 is 0. The molecule has 2 aromatic heterocycles. The van der Waals surface area contributed by atoms with E-state index in [2.05, 4.69) is 25.9 Å². The van der Waals surface area contributed by atoms with E-state index in [1.54, 1.807) is 18.2 Å². The maximum atomic E-state index is 13.4. The number of hydrogen-bond donors (Lipinski definition) is 6. The molecule has 6 rings (SSSR count). The molecule has 16 nitrogen and oxygen atoms in total. The third-order valence-corrected chi connectivity index (χ3v) is 7.23. The van der Waals surface area contributed by atoms with Crippen molar-refractivity contribution in [3.63, 3.8) is 0 Å². The van der Waals surface area contributed by atoms with Crippen molar-refractivity contribution in [1.29, 1.82) is 0 Å². The normalized spacial score (nSPS) is 13.2. The molecule has 0 aliphatic heterocycles. The van der Waals surface area contributed by atoms with Gasteiger partial charge in [-0.15, -0.1) is 12.4 Å². The number of nitrogen functional groups attached to an aromatic ring is 1. The molecule has 1 aliphatic rings. The number of aromatic carboxylic acids is 1. The lowest BCUT2D eigenvalue weighted by atomic mass is 10.0. The minimum Gasteiger partial charge on any atom is -0.489 e. The quantitative estimate of drug-likeness (QED) is 0.106. The topological polar surface area (TPSA) is 254 Å². The average molecular weight is 669 g/mol. The number of carbonyl (C=O) groups is 3. The minimum atomic E-state index is -1.35. The van der Waals surface area contributed by atoms with Gasteiger partial charge in [0.2, 0.25) is 5.65 Å². The molecule has 47 heavy (non-hydrogen) atoms. The number of amides is 1. The van der Waals surface area contributed by atoms with Crippen LogP contribution in [-0.4, -0.2) is 55.0 Å². The van der Waals surface area contributed by atoms with Crippen molar-refractivity contribution < 1.29 is 33.7 Å². The summed E-state index contributed by atoms with van der Waals surface area (Å²) in [5.74, 6) is -3.52. The maximum absolute atomic E-state index is 13.4. The fourth-order valence-electron chi connectivity index (χ4n) is 4.84. The second-order valence-electron chi connectivity index (χ2n) is 10.0. The SMILES string of the molecule is COC(=O)c1ccc2c(c1)CC[C@@H]2NC(=O)c1cc(C(=O)O)n2nnc(O)c2n1.Cl.NCc1ccc(F)c(Nc2c(N)c(=O)c2=O)c1. The molecule has 0 saturated heterocycles. The molecule has 5 aromatic rings. The van der Waals surface area contributed by atoms with Gasteiger partial charge < -0.3 is 37.1 Å². The number of aromatic hydroxyl groups is 1. The second kappa shape index (κ2) is 13.6. The van der Waals surface area contributed by atoms with Crippen LogP contribution in [0.2, 0.25) is 0 Å². The number of carboxylic acids is 1. The molecule has 244 valence electrons. The minimum absolute atomic E-state index is 0. The highest BCUT2D eigenvalue weighted by molar-refractivity contribution is 5.96. The highest BCUT2D eigenvalue weighted by Crippen LogP contribution is 2.32. The Hall–Kier alpha value is -5.94. The van der Waals surface area contributed by atoms with Gasteiger partial charge in [-0.25, -0.2) is 19.0 Å². The Labute approximate surface area is 269 Å². The first kappa shape index (κ1) is 33.9. The van der Waals surface area contributed by atoms with Gasteiger partial charge in [0.05, 0.1) is 24.4 Å². The first-order chi connectivity index (χ1) is 21.9. The lowest BCUT2D eigenvalue weighted by molar-refractivity contribution is 0.0599. The standard InChI is InChI=1S/C18H15N5O6.C11H10FN3O2.ClH/c1-29-18(28)9-2-4-10-8(6-9)3-5-11(10)20-15(24)12-7-13(17(26)27)23-14(19-12)16(25)21-22-23;12-6-2-1-5(4-13)3-7(6)15-9-8(14)10(16)11(9)17;/h2,4,6-7,11,25H,3,5H2,1H3,(H,20,24)(H,26,27);1-3,15H,4,13-14H2;1H/t11-;;/m0../s1. The zero-order valence-corrected chi connectivity index (χ0v) is 25.1. The van der Waals surface area contributed by atoms with Crippen LogP contribution in [0, 0.1) is 5.82 Å². The summed E-state index contributed by atoms with van der Waals surface area (Å²) in [6.07, 6.45) is 1.27. The van der Waals surface area contributed by atoms with E-state index in [-0.39, 0.29) is 59.1 Å². The number of fused-ring (bicyclic) bond motifs is 2. The third-order valence-electron chi connectivity index (χ3n) is 7.23. The van der Waals surface area contributed by atoms with Crippen LogP contribution in [0.4, 0.5) is 21.5 Å². The molecular weight excluding hydrogens is 643 g/mol. The number of aryl methyl sites for hydroxylation is 1. The predicted octanol–water partition coefficient (Wildman–Crippen LogP) is 1.36. The van der Waals surface area contributed by atoms with Gasteiger partial charge in [-0.05, 0) is 53.8 Å². The molecule has 1 aliphatic carbocycles. The third kappa shape index (κ3) is 6.56. The van der Waals surface area contributed by atoms with E-state index >= 15 is 0 Å². The molecule has 2 heterocycles. The van der Waals surface area contributed by atoms with Gasteiger partial charge >= 0.3 is 11.9 Å². The van der Waals surface area contributed by atoms with Gasteiger partial charge in [0.15, 0.2) is 5.69 Å². The van der Waals surface area contributed by atoms with E-state index in [9.17, 15) is 38.6 Å². The van der Waals surface area contributed by atoms with Crippen LogP contribution in [0.1, 0.15) is 60.5 Å². The van der Waals surface area contributed by atoms with Gasteiger partial charge in [-0.1, -0.05) is 22.4 Å². The smallest absolute Gasteiger partial charge is 0.354 e. The van der Waals surface area contributed by atoms with Crippen LogP contribution < -0.4 is 33.0 Å². The van der Waals surface area contributed by atoms with E-state index in [1.807, 2.05) is 0 Å². The number of carboxylic acid groups (broad SMARTS) is 1. The van der Waals surface area contributed by atoms with E-state index in [0.717, 1.165) is 21.7 Å². The summed E-state index contributed by atoms with van der Waals surface area (Å²) in [5.41, 5.74) is 11.2. The molecule has 0 bridgehead atoms. The molecule has 18 heteroatoms. The van der Waals surface area contributed by atoms with Gasteiger partial charge in [-0.2, -0.15) is 4.52 Å². The number of anilines is 3. The summed E-state index contributed by atoms with van der Waals surface area (Å²) in [4.78, 5) is 61.8. The van der Waals surface area contributed by atoms with Gasteiger partial charge in [0.25, 0.3) is 22.6 Å². The fourth-order valence-corrected chi connectivity index (χ4v) is 4.84. The van der Waals surface area contributed by atoms with E-state index in [0.29, 0.717) is 24.0 Å². The van der Waals surface area contributed by atoms with Crippen LogP contribution in [-0.2, 0) is 17.7 Å². The lowest BCUT2D eigenvalue weighted by Crippen LogP contribution is -2.36. The Bertz CT molecular complexity index is 2110. The number of nitrogens with one attached hydrogen (secondary N) is 2. The van der Waals surface area contributed by atoms with Crippen molar-refractivity contribution in [3.8, 4) is 5.88 Å². The number of nitrogens with zero attached hydrogens (tertiary/aromatic N) is 4. The number of esters is 1. The van der Waals surface area contributed by atoms with Crippen LogP contribution in [0.25, 0.3) is 5.65 Å². The summed E-state index contributed by atoms with van der Waals surface area (Å²) in [6, 6.07) is 10.1. The number of ether oxygens (including phenoxy) is 1. The van der Waals surface area contributed by atoms with E-state index in [4.69, 9.17) is 16.2 Å². The van der Waals surface area contributed by atoms with Crippen molar-refractivity contribution in [1.82, 2.24) is 25.1 Å².